The van der Waals surface area contributed by atoms with Crippen LogP contribution in [0, 0.1) is 5.92 Å². The average molecular weight is 227 g/mol. The molecular weight excluding hydrogens is 205 g/mol. The van der Waals surface area contributed by atoms with Crippen molar-refractivity contribution in [2.45, 2.75) is 50.8 Å². The van der Waals surface area contributed by atoms with E-state index in [4.69, 9.17) is 0 Å². The number of aliphatic hydroxyl groups excluding tert-OH is 1. The van der Waals surface area contributed by atoms with Crippen molar-refractivity contribution < 1.29 is 9.50 Å². The highest BCUT2D eigenvalue weighted by Crippen LogP contribution is 2.49. The normalized spacial score (nSPS) is 35.2. The van der Waals surface area contributed by atoms with Crippen LogP contribution < -0.4 is 0 Å². The standard InChI is InChI=1S/C13H22FNO/c1-10(15-5-3-4-6-15)7-12(16)8-11-9-13(11,2)14/h11-12,16H,1,3-9H2,2H3. The minimum absolute atomic E-state index is 0.0638. The summed E-state index contributed by atoms with van der Waals surface area (Å²) in [4.78, 5) is 2.24. The van der Waals surface area contributed by atoms with E-state index in [0.29, 0.717) is 19.3 Å². The zero-order valence-corrected chi connectivity index (χ0v) is 10.1. The lowest BCUT2D eigenvalue weighted by atomic mass is 10.1. The summed E-state index contributed by atoms with van der Waals surface area (Å²) in [6, 6.07) is 0. The highest BCUT2D eigenvalue weighted by Gasteiger charge is 2.51. The van der Waals surface area contributed by atoms with Crippen LogP contribution in [0.4, 0.5) is 4.39 Å². The Kier molecular flexibility index (Phi) is 3.24. The van der Waals surface area contributed by atoms with Gasteiger partial charge in [0.1, 0.15) is 5.67 Å². The van der Waals surface area contributed by atoms with Gasteiger partial charge in [-0.3, -0.25) is 0 Å². The average Bonchev–Trinajstić information content (AvgIpc) is 2.69. The molecule has 1 aliphatic carbocycles. The van der Waals surface area contributed by atoms with Crippen LogP contribution in [0.25, 0.3) is 0 Å². The molecule has 2 fully saturated rings. The van der Waals surface area contributed by atoms with Gasteiger partial charge in [-0.1, -0.05) is 6.58 Å². The molecule has 1 aliphatic heterocycles. The summed E-state index contributed by atoms with van der Waals surface area (Å²) in [6.07, 6.45) is 3.82. The van der Waals surface area contributed by atoms with Gasteiger partial charge in [0.15, 0.2) is 0 Å². The maximum Gasteiger partial charge on any atom is 0.111 e. The molecule has 92 valence electrons. The van der Waals surface area contributed by atoms with Crippen LogP contribution in [0.3, 0.4) is 0 Å². The molecule has 3 heteroatoms. The number of likely N-dealkylation sites (tertiary alicyclic amines) is 1. The fourth-order valence-corrected chi connectivity index (χ4v) is 2.60. The Hall–Kier alpha value is -0.570. The van der Waals surface area contributed by atoms with Gasteiger partial charge < -0.3 is 10.0 Å². The Morgan fingerprint density at radius 2 is 2.12 bits per heavy atom. The second kappa shape index (κ2) is 4.36. The quantitative estimate of drug-likeness (QED) is 0.780. The van der Waals surface area contributed by atoms with Crippen molar-refractivity contribution in [3.05, 3.63) is 12.3 Å². The predicted octanol–water partition coefficient (Wildman–Crippen LogP) is 2.49. The van der Waals surface area contributed by atoms with Crippen LogP contribution >= 0.6 is 0 Å². The molecular formula is C13H22FNO. The summed E-state index contributed by atoms with van der Waals surface area (Å²) in [5.41, 5.74) is 0.00174. The minimum Gasteiger partial charge on any atom is -0.393 e. The van der Waals surface area contributed by atoms with Gasteiger partial charge in [0.25, 0.3) is 0 Å². The fraction of sp³-hybridized carbons (Fsp3) is 0.846. The summed E-state index contributed by atoms with van der Waals surface area (Å²) in [7, 11) is 0. The molecule has 3 atom stereocenters. The number of halogens is 1. The predicted molar refractivity (Wildman–Crippen MR) is 62.8 cm³/mol. The second-order valence-corrected chi connectivity index (χ2v) is 5.53. The van der Waals surface area contributed by atoms with E-state index in [1.807, 2.05) is 0 Å². The number of nitrogens with zero attached hydrogens (tertiary/aromatic N) is 1. The van der Waals surface area contributed by atoms with E-state index < -0.39 is 11.8 Å². The van der Waals surface area contributed by atoms with Crippen molar-refractivity contribution in [1.82, 2.24) is 4.90 Å². The largest absolute Gasteiger partial charge is 0.393 e. The number of hydrogen-bond acceptors (Lipinski definition) is 2. The van der Waals surface area contributed by atoms with Crippen molar-refractivity contribution in [3.8, 4) is 0 Å². The molecule has 1 saturated heterocycles. The molecule has 0 bridgehead atoms. The summed E-state index contributed by atoms with van der Waals surface area (Å²) in [6.45, 7) is 7.77. The van der Waals surface area contributed by atoms with Gasteiger partial charge in [-0.2, -0.15) is 0 Å². The second-order valence-electron chi connectivity index (χ2n) is 5.53. The summed E-state index contributed by atoms with van der Waals surface area (Å²) < 4.78 is 13.3. The van der Waals surface area contributed by atoms with E-state index in [0.717, 1.165) is 18.8 Å². The van der Waals surface area contributed by atoms with Crippen LogP contribution in [-0.2, 0) is 0 Å². The Balaban J connectivity index is 1.70. The fourth-order valence-electron chi connectivity index (χ4n) is 2.60. The van der Waals surface area contributed by atoms with Gasteiger partial charge in [0, 0.05) is 25.2 Å². The Labute approximate surface area is 97.1 Å². The SMILES string of the molecule is C=C(CC(O)CC1CC1(C)F)N1CCCC1. The van der Waals surface area contributed by atoms with E-state index >= 15 is 0 Å². The molecule has 16 heavy (non-hydrogen) atoms. The van der Waals surface area contributed by atoms with E-state index in [1.165, 1.54) is 12.8 Å². The summed E-state index contributed by atoms with van der Waals surface area (Å²) in [5, 5.41) is 9.87. The van der Waals surface area contributed by atoms with Crippen LogP contribution in [-0.4, -0.2) is 34.9 Å². The van der Waals surface area contributed by atoms with E-state index in [2.05, 4.69) is 11.5 Å². The van der Waals surface area contributed by atoms with Crippen molar-refractivity contribution in [2.24, 2.45) is 5.92 Å². The minimum atomic E-state index is -1.02. The van der Waals surface area contributed by atoms with Crippen molar-refractivity contribution >= 4 is 0 Å². The molecule has 0 aromatic carbocycles. The first-order valence-corrected chi connectivity index (χ1v) is 6.29. The molecule has 2 nitrogen and oxygen atoms in total. The molecule has 0 spiro atoms. The highest BCUT2D eigenvalue weighted by atomic mass is 19.1. The first-order chi connectivity index (χ1) is 7.49. The summed E-state index contributed by atoms with van der Waals surface area (Å²) in [5.74, 6) is 0.0638. The van der Waals surface area contributed by atoms with E-state index in [9.17, 15) is 9.50 Å². The molecule has 0 aromatic rings. The van der Waals surface area contributed by atoms with E-state index in [-0.39, 0.29) is 5.92 Å². The Bertz CT molecular complexity index is 271. The van der Waals surface area contributed by atoms with Crippen molar-refractivity contribution in [1.29, 1.82) is 0 Å². The van der Waals surface area contributed by atoms with Crippen LogP contribution in [0.5, 0.6) is 0 Å². The third kappa shape index (κ3) is 2.76. The van der Waals surface area contributed by atoms with E-state index in [1.54, 1.807) is 6.92 Å². The third-order valence-electron chi connectivity index (χ3n) is 3.92. The van der Waals surface area contributed by atoms with Crippen LogP contribution in [0.15, 0.2) is 12.3 Å². The number of rotatable bonds is 5. The monoisotopic (exact) mass is 227 g/mol. The third-order valence-corrected chi connectivity index (χ3v) is 3.92. The molecule has 2 aliphatic rings. The van der Waals surface area contributed by atoms with Gasteiger partial charge in [0.2, 0.25) is 0 Å². The molecule has 3 unspecified atom stereocenters. The summed E-state index contributed by atoms with van der Waals surface area (Å²) >= 11 is 0. The van der Waals surface area contributed by atoms with Gasteiger partial charge in [-0.15, -0.1) is 0 Å². The molecule has 0 amide bonds. The van der Waals surface area contributed by atoms with Gasteiger partial charge in [0.05, 0.1) is 6.10 Å². The molecule has 1 heterocycles. The molecule has 1 saturated carbocycles. The topological polar surface area (TPSA) is 23.5 Å². The molecule has 0 radical (unpaired) electrons. The first kappa shape index (κ1) is 11.9. The molecule has 1 N–H and O–H groups in total. The molecule has 2 rings (SSSR count). The van der Waals surface area contributed by atoms with Gasteiger partial charge in [-0.25, -0.2) is 4.39 Å². The van der Waals surface area contributed by atoms with Crippen molar-refractivity contribution in [3.63, 3.8) is 0 Å². The number of alkyl halides is 1. The van der Waals surface area contributed by atoms with Gasteiger partial charge in [-0.05, 0) is 38.5 Å². The molecule has 0 aromatic heterocycles. The lowest BCUT2D eigenvalue weighted by Gasteiger charge is -2.22. The highest BCUT2D eigenvalue weighted by molar-refractivity contribution is 5.03. The van der Waals surface area contributed by atoms with Crippen molar-refractivity contribution in [2.75, 3.05) is 13.1 Å². The van der Waals surface area contributed by atoms with Crippen LogP contribution in [0.2, 0.25) is 0 Å². The lowest BCUT2D eigenvalue weighted by Crippen LogP contribution is -2.22. The zero-order chi connectivity index (χ0) is 11.8. The smallest absolute Gasteiger partial charge is 0.111 e. The Morgan fingerprint density at radius 3 is 2.62 bits per heavy atom. The lowest BCUT2D eigenvalue weighted by molar-refractivity contribution is 0.138. The number of aliphatic hydroxyl groups is 1. The van der Waals surface area contributed by atoms with Crippen LogP contribution in [0.1, 0.15) is 39.0 Å². The maximum absolute atomic E-state index is 13.3. The Morgan fingerprint density at radius 1 is 1.56 bits per heavy atom. The first-order valence-electron chi connectivity index (χ1n) is 6.29. The number of hydrogen-bond donors (Lipinski definition) is 1. The zero-order valence-electron chi connectivity index (χ0n) is 10.1. The van der Waals surface area contributed by atoms with Gasteiger partial charge >= 0.3 is 0 Å². The maximum atomic E-state index is 13.3.